The van der Waals surface area contributed by atoms with Crippen LogP contribution in [0.2, 0.25) is 5.02 Å². The van der Waals surface area contributed by atoms with E-state index in [2.05, 4.69) is 5.32 Å². The number of hydrogen-bond acceptors (Lipinski definition) is 3. The third-order valence-electron chi connectivity index (χ3n) is 3.09. The van der Waals surface area contributed by atoms with Crippen molar-refractivity contribution in [1.29, 1.82) is 0 Å². The number of carboxylic acid groups (broad SMARTS) is 1. The maximum atomic E-state index is 11.7. The Balaban J connectivity index is 3.71. The van der Waals surface area contributed by atoms with Gasteiger partial charge in [0.15, 0.2) is 0 Å². The van der Waals surface area contributed by atoms with Gasteiger partial charge in [0.1, 0.15) is 5.75 Å². The summed E-state index contributed by atoms with van der Waals surface area (Å²) in [5.41, 5.74) is 1.36. The zero-order valence-corrected chi connectivity index (χ0v) is 13.8. The summed E-state index contributed by atoms with van der Waals surface area (Å²) >= 11 is 6.09. The lowest BCUT2D eigenvalue weighted by Gasteiger charge is -2.27. The van der Waals surface area contributed by atoms with Crippen LogP contribution in [0.5, 0.6) is 5.75 Å². The average molecular weight is 312 g/mol. The lowest BCUT2D eigenvalue weighted by molar-refractivity contribution is -0.132. The van der Waals surface area contributed by atoms with Gasteiger partial charge < -0.3 is 15.2 Å². The number of ether oxygens (including phenoxy) is 1. The Kier molecular flexibility index (Phi) is 5.81. The second kappa shape index (κ2) is 6.96. The van der Waals surface area contributed by atoms with Crippen molar-refractivity contribution >= 4 is 23.1 Å². The SMILES string of the molecule is CNCC(C(=O)O)=C(c1cc(Cl)ccc1OC)C(C)(C)C. The number of likely N-dealkylation sites (N-methyl/N-ethyl adjacent to an activating group) is 1. The minimum Gasteiger partial charge on any atom is -0.496 e. The number of nitrogens with one attached hydrogen (secondary N) is 1. The van der Waals surface area contributed by atoms with Crippen molar-refractivity contribution in [1.82, 2.24) is 5.32 Å². The first-order valence-electron chi connectivity index (χ1n) is 6.67. The van der Waals surface area contributed by atoms with Crippen LogP contribution < -0.4 is 10.1 Å². The number of benzene rings is 1. The molecule has 0 radical (unpaired) electrons. The molecular weight excluding hydrogens is 290 g/mol. The van der Waals surface area contributed by atoms with Crippen molar-refractivity contribution in [2.75, 3.05) is 20.7 Å². The Labute approximate surface area is 130 Å². The van der Waals surface area contributed by atoms with Crippen molar-refractivity contribution in [3.63, 3.8) is 0 Å². The van der Waals surface area contributed by atoms with E-state index in [1.807, 2.05) is 20.8 Å². The molecule has 116 valence electrons. The summed E-state index contributed by atoms with van der Waals surface area (Å²) in [4.78, 5) is 11.7. The highest BCUT2D eigenvalue weighted by Gasteiger charge is 2.28. The normalized spacial score (nSPS) is 12.9. The molecule has 0 aromatic heterocycles. The molecule has 1 rings (SSSR count). The van der Waals surface area contributed by atoms with Crippen LogP contribution >= 0.6 is 11.6 Å². The quantitative estimate of drug-likeness (QED) is 0.818. The molecule has 1 aromatic carbocycles. The summed E-state index contributed by atoms with van der Waals surface area (Å²) in [5, 5.41) is 13.0. The third kappa shape index (κ3) is 4.22. The van der Waals surface area contributed by atoms with Gasteiger partial charge in [0.05, 0.1) is 12.7 Å². The van der Waals surface area contributed by atoms with Gasteiger partial charge in [-0.2, -0.15) is 0 Å². The van der Waals surface area contributed by atoms with Crippen molar-refractivity contribution < 1.29 is 14.6 Å². The van der Waals surface area contributed by atoms with Crippen LogP contribution in [0.15, 0.2) is 23.8 Å². The second-order valence-electron chi connectivity index (χ2n) is 5.78. The van der Waals surface area contributed by atoms with Crippen LogP contribution in [-0.2, 0) is 4.79 Å². The molecule has 0 heterocycles. The molecule has 0 aliphatic heterocycles. The van der Waals surface area contributed by atoms with Crippen LogP contribution in [0.25, 0.3) is 5.57 Å². The number of allylic oxidation sites excluding steroid dienone is 1. The van der Waals surface area contributed by atoms with Crippen molar-refractivity contribution in [2.45, 2.75) is 20.8 Å². The van der Waals surface area contributed by atoms with E-state index in [0.717, 1.165) is 0 Å². The molecule has 0 unspecified atom stereocenters. The first kappa shape index (κ1) is 17.5. The van der Waals surface area contributed by atoms with E-state index in [0.29, 0.717) is 27.5 Å². The molecular formula is C16H22ClNO3. The maximum absolute atomic E-state index is 11.7. The molecule has 1 aromatic rings. The van der Waals surface area contributed by atoms with Crippen LogP contribution in [0, 0.1) is 5.41 Å². The van der Waals surface area contributed by atoms with Gasteiger partial charge >= 0.3 is 5.97 Å². The summed E-state index contributed by atoms with van der Waals surface area (Å²) in [6.07, 6.45) is 0. The largest absolute Gasteiger partial charge is 0.496 e. The molecule has 21 heavy (non-hydrogen) atoms. The number of halogens is 1. The predicted molar refractivity (Wildman–Crippen MR) is 85.9 cm³/mol. The Hall–Kier alpha value is -1.52. The number of rotatable bonds is 5. The average Bonchev–Trinajstić information content (AvgIpc) is 2.36. The fourth-order valence-electron chi connectivity index (χ4n) is 2.34. The first-order chi connectivity index (χ1) is 9.72. The predicted octanol–water partition coefficient (Wildman–Crippen LogP) is 3.45. The molecule has 4 nitrogen and oxygen atoms in total. The zero-order chi connectivity index (χ0) is 16.2. The van der Waals surface area contributed by atoms with E-state index in [-0.39, 0.29) is 12.0 Å². The van der Waals surface area contributed by atoms with E-state index in [1.165, 1.54) is 0 Å². The summed E-state index contributed by atoms with van der Waals surface area (Å²) in [6, 6.07) is 5.23. The zero-order valence-electron chi connectivity index (χ0n) is 13.1. The minimum absolute atomic E-state index is 0.262. The molecule has 0 bridgehead atoms. The number of carboxylic acids is 1. The Morgan fingerprint density at radius 3 is 2.43 bits per heavy atom. The third-order valence-corrected chi connectivity index (χ3v) is 3.33. The monoisotopic (exact) mass is 311 g/mol. The Morgan fingerprint density at radius 1 is 1.38 bits per heavy atom. The van der Waals surface area contributed by atoms with Gasteiger partial charge in [-0.15, -0.1) is 0 Å². The highest BCUT2D eigenvalue weighted by Crippen LogP contribution is 2.41. The molecule has 0 fully saturated rings. The summed E-state index contributed by atoms with van der Waals surface area (Å²) in [6.45, 7) is 6.18. The van der Waals surface area contributed by atoms with E-state index in [9.17, 15) is 9.90 Å². The van der Waals surface area contributed by atoms with Gasteiger partial charge in [0.25, 0.3) is 0 Å². The standard InChI is InChI=1S/C16H22ClNO3/c1-16(2,3)14(12(9-18-4)15(19)20)11-8-10(17)6-7-13(11)21-5/h6-8,18H,9H2,1-5H3,(H,19,20). The van der Waals surface area contributed by atoms with Crippen molar-refractivity contribution in [3.05, 3.63) is 34.4 Å². The summed E-state index contributed by atoms with van der Waals surface area (Å²) in [5.74, 6) is -0.338. The van der Waals surface area contributed by atoms with Crippen LogP contribution in [0.4, 0.5) is 0 Å². The molecule has 2 N–H and O–H groups in total. The van der Waals surface area contributed by atoms with Gasteiger partial charge in [-0.3, -0.25) is 0 Å². The highest BCUT2D eigenvalue weighted by molar-refractivity contribution is 6.30. The number of aliphatic carboxylic acids is 1. The van der Waals surface area contributed by atoms with Crippen LogP contribution in [0.3, 0.4) is 0 Å². The maximum Gasteiger partial charge on any atom is 0.333 e. The van der Waals surface area contributed by atoms with E-state index in [1.54, 1.807) is 32.4 Å². The Bertz CT molecular complexity index is 559. The molecule has 0 saturated carbocycles. The first-order valence-corrected chi connectivity index (χ1v) is 7.05. The number of hydrogen-bond donors (Lipinski definition) is 2. The minimum atomic E-state index is -0.948. The summed E-state index contributed by atoms with van der Waals surface area (Å²) in [7, 11) is 3.28. The fraction of sp³-hybridized carbons (Fsp3) is 0.438. The van der Waals surface area contributed by atoms with Crippen LogP contribution in [-0.4, -0.2) is 31.8 Å². The number of methoxy groups -OCH3 is 1. The highest BCUT2D eigenvalue weighted by atomic mass is 35.5. The van der Waals surface area contributed by atoms with Gasteiger partial charge in [0, 0.05) is 17.1 Å². The summed E-state index contributed by atoms with van der Waals surface area (Å²) < 4.78 is 5.38. The second-order valence-corrected chi connectivity index (χ2v) is 6.22. The lowest BCUT2D eigenvalue weighted by Crippen LogP contribution is -2.23. The molecule has 0 aliphatic carbocycles. The van der Waals surface area contributed by atoms with Crippen molar-refractivity contribution in [2.24, 2.45) is 5.41 Å². The molecule has 0 amide bonds. The molecule has 0 aliphatic rings. The molecule has 5 heteroatoms. The van der Waals surface area contributed by atoms with Crippen LogP contribution in [0.1, 0.15) is 26.3 Å². The molecule has 0 saturated heterocycles. The van der Waals surface area contributed by atoms with Gasteiger partial charge in [-0.25, -0.2) is 4.79 Å². The molecule has 0 spiro atoms. The topological polar surface area (TPSA) is 58.6 Å². The van der Waals surface area contributed by atoms with Gasteiger partial charge in [-0.05, 0) is 36.2 Å². The van der Waals surface area contributed by atoms with E-state index in [4.69, 9.17) is 16.3 Å². The van der Waals surface area contributed by atoms with Crippen molar-refractivity contribution in [3.8, 4) is 5.75 Å². The van der Waals surface area contributed by atoms with E-state index >= 15 is 0 Å². The number of carbonyl (C=O) groups is 1. The van der Waals surface area contributed by atoms with Gasteiger partial charge in [-0.1, -0.05) is 32.4 Å². The lowest BCUT2D eigenvalue weighted by atomic mass is 9.78. The molecule has 0 atom stereocenters. The van der Waals surface area contributed by atoms with Gasteiger partial charge in [0.2, 0.25) is 0 Å². The Morgan fingerprint density at radius 2 is 2.00 bits per heavy atom. The smallest absolute Gasteiger partial charge is 0.333 e. The fourth-order valence-corrected chi connectivity index (χ4v) is 2.51. The van der Waals surface area contributed by atoms with E-state index < -0.39 is 5.97 Å².